The van der Waals surface area contributed by atoms with Crippen LogP contribution in [0.3, 0.4) is 0 Å². The Morgan fingerprint density at radius 1 is 1.78 bits per heavy atom. The fraction of sp³-hybridized carbons (Fsp3) is 0.714. The summed E-state index contributed by atoms with van der Waals surface area (Å²) in [6, 6.07) is 0.488. The Kier molecular flexibility index (Phi) is 0.887. The van der Waals surface area contributed by atoms with Crippen LogP contribution in [0.25, 0.3) is 0 Å². The van der Waals surface area contributed by atoms with Crippen LogP contribution < -0.4 is 11.1 Å². The monoisotopic (exact) mass is 124 g/mol. The molecule has 1 saturated carbocycles. The fourth-order valence-electron chi connectivity index (χ4n) is 1.67. The van der Waals surface area contributed by atoms with Crippen molar-refractivity contribution in [1.82, 2.24) is 5.32 Å². The number of hydrogen-bond acceptors (Lipinski definition) is 2. The lowest BCUT2D eigenvalue weighted by atomic mass is 10.2. The molecule has 50 valence electrons. The summed E-state index contributed by atoms with van der Waals surface area (Å²) in [5, 5.41) is 3.15. The third-order valence-corrected chi connectivity index (χ3v) is 2.46. The van der Waals surface area contributed by atoms with Crippen LogP contribution in [0.5, 0.6) is 0 Å². The van der Waals surface area contributed by atoms with Crippen molar-refractivity contribution in [3.8, 4) is 0 Å². The molecular weight excluding hydrogens is 112 g/mol. The molecule has 3 unspecified atom stereocenters. The Bertz CT molecular complexity index is 162. The zero-order chi connectivity index (χ0) is 6.43. The lowest BCUT2D eigenvalue weighted by Crippen LogP contribution is -2.11. The van der Waals surface area contributed by atoms with E-state index in [0.29, 0.717) is 12.0 Å². The molecule has 0 radical (unpaired) electrons. The highest BCUT2D eigenvalue weighted by molar-refractivity contribution is 5.25. The van der Waals surface area contributed by atoms with Gasteiger partial charge >= 0.3 is 0 Å². The van der Waals surface area contributed by atoms with Crippen LogP contribution in [0.4, 0.5) is 0 Å². The summed E-state index contributed by atoms with van der Waals surface area (Å²) in [6.07, 6.45) is 3.46. The van der Waals surface area contributed by atoms with Gasteiger partial charge in [0.05, 0.1) is 0 Å². The molecule has 2 heteroatoms. The lowest BCUT2D eigenvalue weighted by Gasteiger charge is -2.01. The second-order valence-electron chi connectivity index (χ2n) is 2.96. The van der Waals surface area contributed by atoms with Gasteiger partial charge in [-0.05, 0) is 18.3 Å². The Hall–Kier alpha value is -0.500. The van der Waals surface area contributed by atoms with Crippen molar-refractivity contribution >= 4 is 0 Å². The molecule has 2 aliphatic rings. The van der Waals surface area contributed by atoms with Gasteiger partial charge in [-0.15, -0.1) is 0 Å². The maximum Gasteiger partial charge on any atom is 0.0144 e. The van der Waals surface area contributed by atoms with E-state index < -0.39 is 0 Å². The predicted molar refractivity (Wildman–Crippen MR) is 36.7 cm³/mol. The minimum absolute atomic E-state index is 0.488. The van der Waals surface area contributed by atoms with Gasteiger partial charge in [-0.2, -0.15) is 0 Å². The van der Waals surface area contributed by atoms with E-state index in [1.165, 1.54) is 12.1 Å². The molecule has 0 bridgehead atoms. The van der Waals surface area contributed by atoms with Crippen LogP contribution in [0.2, 0.25) is 0 Å². The molecule has 0 aromatic carbocycles. The summed E-state index contributed by atoms with van der Waals surface area (Å²) in [7, 11) is 1.97. The van der Waals surface area contributed by atoms with Gasteiger partial charge < -0.3 is 11.1 Å². The average molecular weight is 124 g/mol. The molecule has 0 aliphatic heterocycles. The van der Waals surface area contributed by atoms with Crippen molar-refractivity contribution < 1.29 is 0 Å². The summed E-state index contributed by atoms with van der Waals surface area (Å²) >= 11 is 0. The quantitative estimate of drug-likeness (QED) is 0.519. The average Bonchev–Trinajstić information content (AvgIpc) is 2.32. The molecule has 3 atom stereocenters. The second kappa shape index (κ2) is 1.51. The topological polar surface area (TPSA) is 38.0 Å². The first kappa shape index (κ1) is 5.30. The van der Waals surface area contributed by atoms with Crippen LogP contribution in [0.15, 0.2) is 11.8 Å². The largest absolute Gasteiger partial charge is 0.392 e. The first-order chi connectivity index (χ1) is 4.33. The molecule has 0 saturated heterocycles. The summed E-state index contributed by atoms with van der Waals surface area (Å²) in [4.78, 5) is 0. The molecule has 2 nitrogen and oxygen atoms in total. The Morgan fingerprint density at radius 3 is 3.00 bits per heavy atom. The first-order valence-corrected chi connectivity index (χ1v) is 3.47. The SMILES string of the molecule is CNC1=CC2C(N)C2C1. The van der Waals surface area contributed by atoms with Crippen molar-refractivity contribution in [2.75, 3.05) is 7.05 Å². The number of nitrogens with two attached hydrogens (primary N) is 1. The number of fused-ring (bicyclic) bond motifs is 1. The smallest absolute Gasteiger partial charge is 0.0144 e. The van der Waals surface area contributed by atoms with E-state index in [0.717, 1.165) is 5.92 Å². The molecule has 0 heterocycles. The third kappa shape index (κ3) is 0.597. The molecule has 2 rings (SSSR count). The van der Waals surface area contributed by atoms with Gasteiger partial charge in [0.15, 0.2) is 0 Å². The van der Waals surface area contributed by atoms with E-state index in [2.05, 4.69) is 11.4 Å². The van der Waals surface area contributed by atoms with Crippen molar-refractivity contribution in [2.45, 2.75) is 12.5 Å². The highest BCUT2D eigenvalue weighted by Gasteiger charge is 2.49. The minimum atomic E-state index is 0.488. The van der Waals surface area contributed by atoms with Crippen molar-refractivity contribution in [2.24, 2.45) is 17.6 Å². The highest BCUT2D eigenvalue weighted by Crippen LogP contribution is 2.48. The zero-order valence-corrected chi connectivity index (χ0v) is 5.59. The zero-order valence-electron chi connectivity index (χ0n) is 5.59. The van der Waals surface area contributed by atoms with E-state index in [4.69, 9.17) is 5.73 Å². The third-order valence-electron chi connectivity index (χ3n) is 2.46. The van der Waals surface area contributed by atoms with Crippen molar-refractivity contribution in [1.29, 1.82) is 0 Å². The van der Waals surface area contributed by atoms with Gasteiger partial charge in [-0.1, -0.05) is 6.08 Å². The molecule has 9 heavy (non-hydrogen) atoms. The molecule has 2 aliphatic carbocycles. The molecule has 0 aromatic heterocycles. The van der Waals surface area contributed by atoms with Gasteiger partial charge in [0.25, 0.3) is 0 Å². The minimum Gasteiger partial charge on any atom is -0.392 e. The maximum absolute atomic E-state index is 5.72. The number of hydrogen-bond donors (Lipinski definition) is 2. The Morgan fingerprint density at radius 2 is 2.56 bits per heavy atom. The number of nitrogens with one attached hydrogen (secondary N) is 1. The maximum atomic E-state index is 5.72. The number of allylic oxidation sites excluding steroid dienone is 1. The Labute approximate surface area is 55.1 Å². The van der Waals surface area contributed by atoms with Gasteiger partial charge in [0.1, 0.15) is 0 Å². The van der Waals surface area contributed by atoms with Crippen LogP contribution in [0, 0.1) is 11.8 Å². The predicted octanol–water partition coefficient (Wildman–Crippen LogP) is 0.0667. The second-order valence-corrected chi connectivity index (χ2v) is 2.96. The molecule has 0 aromatic rings. The normalized spacial score (nSPS) is 46.0. The standard InChI is InChI=1S/C7H12N2/c1-9-4-2-5-6(3-4)7(5)8/h2,5-7,9H,3,8H2,1H3. The van der Waals surface area contributed by atoms with Crippen LogP contribution in [-0.4, -0.2) is 13.1 Å². The van der Waals surface area contributed by atoms with Gasteiger partial charge in [-0.25, -0.2) is 0 Å². The highest BCUT2D eigenvalue weighted by atomic mass is 14.9. The molecule has 1 fully saturated rings. The van der Waals surface area contributed by atoms with Gasteiger partial charge in [-0.3, -0.25) is 0 Å². The summed E-state index contributed by atoms with van der Waals surface area (Å²) in [6.45, 7) is 0. The van der Waals surface area contributed by atoms with Crippen LogP contribution in [0.1, 0.15) is 6.42 Å². The summed E-state index contributed by atoms with van der Waals surface area (Å²) < 4.78 is 0. The van der Waals surface area contributed by atoms with E-state index in [1.807, 2.05) is 7.05 Å². The molecule has 0 amide bonds. The lowest BCUT2D eigenvalue weighted by molar-refractivity contribution is 0.748. The summed E-state index contributed by atoms with van der Waals surface area (Å²) in [5.41, 5.74) is 7.10. The summed E-state index contributed by atoms with van der Waals surface area (Å²) in [5.74, 6) is 1.50. The fourth-order valence-corrected chi connectivity index (χ4v) is 1.67. The van der Waals surface area contributed by atoms with Gasteiger partial charge in [0, 0.05) is 18.8 Å². The van der Waals surface area contributed by atoms with Crippen LogP contribution >= 0.6 is 0 Å². The molecule has 0 spiro atoms. The van der Waals surface area contributed by atoms with E-state index >= 15 is 0 Å². The van der Waals surface area contributed by atoms with Crippen molar-refractivity contribution in [3.63, 3.8) is 0 Å². The number of rotatable bonds is 1. The Balaban J connectivity index is 2.05. The van der Waals surface area contributed by atoms with Crippen LogP contribution in [-0.2, 0) is 0 Å². The molecular formula is C7H12N2. The molecule has 3 N–H and O–H groups in total. The van der Waals surface area contributed by atoms with E-state index in [1.54, 1.807) is 0 Å². The van der Waals surface area contributed by atoms with E-state index in [-0.39, 0.29) is 0 Å². The van der Waals surface area contributed by atoms with Gasteiger partial charge in [0.2, 0.25) is 0 Å². The van der Waals surface area contributed by atoms with Crippen molar-refractivity contribution in [3.05, 3.63) is 11.8 Å². The first-order valence-electron chi connectivity index (χ1n) is 3.47. The van der Waals surface area contributed by atoms with E-state index in [9.17, 15) is 0 Å².